The van der Waals surface area contributed by atoms with E-state index in [1.807, 2.05) is 24.3 Å². The van der Waals surface area contributed by atoms with Crippen molar-refractivity contribution < 1.29 is 8.78 Å². The molecule has 0 atom stereocenters. The molecule has 0 spiro atoms. The lowest BCUT2D eigenvalue weighted by Gasteiger charge is -2.09. The fraction of sp³-hybridized carbons (Fsp3) is 0.0714. The second-order valence-electron chi connectivity index (χ2n) is 4.39. The summed E-state index contributed by atoms with van der Waals surface area (Å²) < 4.78 is 27.9. The van der Waals surface area contributed by atoms with Gasteiger partial charge in [-0.1, -0.05) is 12.1 Å². The van der Waals surface area contributed by atoms with Crippen LogP contribution in [0.1, 0.15) is 5.56 Å². The van der Waals surface area contributed by atoms with E-state index in [0.717, 1.165) is 17.4 Å². The minimum atomic E-state index is -0.586. The van der Waals surface area contributed by atoms with Gasteiger partial charge in [0, 0.05) is 23.9 Å². The molecule has 3 rings (SSSR count). The monoisotopic (exact) mass is 287 g/mol. The molecule has 1 N–H and O–H groups in total. The summed E-state index contributed by atoms with van der Waals surface area (Å²) in [6, 6.07) is 10.9. The summed E-state index contributed by atoms with van der Waals surface area (Å²) in [4.78, 5) is 0. The van der Waals surface area contributed by atoms with E-state index in [0.29, 0.717) is 5.56 Å². The lowest BCUT2D eigenvalue weighted by Crippen LogP contribution is -2.03. The van der Waals surface area contributed by atoms with Crippen LogP contribution in [0, 0.1) is 11.6 Å². The van der Waals surface area contributed by atoms with Crippen LogP contribution in [0.15, 0.2) is 48.8 Å². The quantitative estimate of drug-likeness (QED) is 0.801. The van der Waals surface area contributed by atoms with Gasteiger partial charge in [0.05, 0.1) is 5.69 Å². The van der Waals surface area contributed by atoms with Crippen molar-refractivity contribution in [2.24, 2.45) is 0 Å². The van der Waals surface area contributed by atoms with Crippen LogP contribution in [-0.2, 0) is 6.54 Å². The van der Waals surface area contributed by atoms with Gasteiger partial charge < -0.3 is 5.32 Å². The molecule has 1 heterocycles. The molecule has 0 aliphatic heterocycles. The molecule has 21 heavy (non-hydrogen) atoms. The molecule has 0 amide bonds. The fourth-order valence-corrected chi connectivity index (χ4v) is 1.90. The molecule has 5 nitrogen and oxygen atoms in total. The van der Waals surface area contributed by atoms with E-state index in [1.54, 1.807) is 0 Å². The van der Waals surface area contributed by atoms with Gasteiger partial charge in [-0.3, -0.25) is 0 Å². The predicted octanol–water partition coefficient (Wildman–Crippen LogP) is 2.55. The first kappa shape index (κ1) is 13.2. The van der Waals surface area contributed by atoms with E-state index in [4.69, 9.17) is 0 Å². The maximum Gasteiger partial charge on any atom is 0.143 e. The van der Waals surface area contributed by atoms with Crippen molar-refractivity contribution in [1.82, 2.24) is 20.2 Å². The van der Waals surface area contributed by atoms with Crippen LogP contribution in [0.4, 0.5) is 14.5 Å². The fourth-order valence-electron chi connectivity index (χ4n) is 1.90. The van der Waals surface area contributed by atoms with Crippen LogP contribution >= 0.6 is 0 Å². The zero-order chi connectivity index (χ0) is 14.7. The van der Waals surface area contributed by atoms with Crippen molar-refractivity contribution in [3.05, 3.63) is 66.0 Å². The number of tetrazole rings is 1. The Labute approximate surface area is 119 Å². The summed E-state index contributed by atoms with van der Waals surface area (Å²) in [5.41, 5.74) is 1.96. The molecular weight excluding hydrogens is 276 g/mol. The molecule has 0 aliphatic carbocycles. The van der Waals surface area contributed by atoms with Gasteiger partial charge in [0.15, 0.2) is 0 Å². The van der Waals surface area contributed by atoms with Gasteiger partial charge in [-0.25, -0.2) is 13.5 Å². The van der Waals surface area contributed by atoms with E-state index in [9.17, 15) is 8.78 Å². The zero-order valence-electron chi connectivity index (χ0n) is 10.9. The maximum absolute atomic E-state index is 13.5. The van der Waals surface area contributed by atoms with Gasteiger partial charge >= 0.3 is 0 Å². The van der Waals surface area contributed by atoms with Gasteiger partial charge in [0.25, 0.3) is 0 Å². The Morgan fingerprint density at radius 2 is 2.00 bits per heavy atom. The van der Waals surface area contributed by atoms with Crippen molar-refractivity contribution in [2.45, 2.75) is 6.54 Å². The highest BCUT2D eigenvalue weighted by Gasteiger charge is 2.04. The van der Waals surface area contributed by atoms with Crippen LogP contribution in [-0.4, -0.2) is 20.2 Å². The first-order chi connectivity index (χ1) is 10.2. The molecule has 0 unspecified atom stereocenters. The molecule has 7 heteroatoms. The SMILES string of the molecule is Fc1ccc(CNc2cccc(-n3cnnn3)c2)c(F)c1. The number of halogens is 2. The number of nitrogens with zero attached hydrogens (tertiary/aromatic N) is 4. The standard InChI is InChI=1S/C14H11F2N5/c15-11-5-4-10(14(16)6-11)8-17-12-2-1-3-13(7-12)21-9-18-19-20-21/h1-7,9,17H,8H2. The topological polar surface area (TPSA) is 55.6 Å². The molecule has 3 aromatic rings. The molecule has 2 aromatic carbocycles. The van der Waals surface area contributed by atoms with Gasteiger partial charge in [-0.2, -0.15) is 0 Å². The van der Waals surface area contributed by atoms with Crippen LogP contribution in [0.5, 0.6) is 0 Å². The number of aromatic nitrogens is 4. The van der Waals surface area contributed by atoms with E-state index >= 15 is 0 Å². The number of nitrogens with one attached hydrogen (secondary N) is 1. The summed E-state index contributed by atoms with van der Waals surface area (Å²) in [6.45, 7) is 0.255. The second-order valence-corrected chi connectivity index (χ2v) is 4.39. The largest absolute Gasteiger partial charge is 0.381 e. The number of benzene rings is 2. The molecule has 0 saturated heterocycles. The van der Waals surface area contributed by atoms with Crippen molar-refractivity contribution in [3.63, 3.8) is 0 Å². The highest BCUT2D eigenvalue weighted by Crippen LogP contribution is 2.16. The predicted molar refractivity (Wildman–Crippen MR) is 72.8 cm³/mol. The highest BCUT2D eigenvalue weighted by atomic mass is 19.1. The van der Waals surface area contributed by atoms with Gasteiger partial charge in [-0.15, -0.1) is 5.10 Å². The third-order valence-corrected chi connectivity index (χ3v) is 2.96. The second kappa shape index (κ2) is 5.66. The van der Waals surface area contributed by atoms with Gasteiger partial charge in [-0.05, 0) is 34.7 Å². The molecule has 0 aliphatic rings. The number of hydrogen-bond acceptors (Lipinski definition) is 4. The van der Waals surface area contributed by atoms with Crippen molar-refractivity contribution >= 4 is 5.69 Å². The lowest BCUT2D eigenvalue weighted by molar-refractivity contribution is 0.574. The van der Waals surface area contributed by atoms with Crippen molar-refractivity contribution in [1.29, 1.82) is 0 Å². The maximum atomic E-state index is 13.5. The van der Waals surface area contributed by atoms with Crippen LogP contribution in [0.2, 0.25) is 0 Å². The summed E-state index contributed by atoms with van der Waals surface area (Å²) in [6.07, 6.45) is 1.48. The molecule has 106 valence electrons. The Hall–Kier alpha value is -2.83. The minimum Gasteiger partial charge on any atom is -0.381 e. The Morgan fingerprint density at radius 3 is 2.76 bits per heavy atom. The highest BCUT2D eigenvalue weighted by molar-refractivity contribution is 5.51. The van der Waals surface area contributed by atoms with Crippen molar-refractivity contribution in [3.8, 4) is 5.69 Å². The molecule has 0 fully saturated rings. The molecule has 1 aromatic heterocycles. The Morgan fingerprint density at radius 1 is 1.10 bits per heavy atom. The summed E-state index contributed by atoms with van der Waals surface area (Å²) >= 11 is 0. The Bertz CT molecular complexity index is 743. The van der Waals surface area contributed by atoms with Crippen molar-refractivity contribution in [2.75, 3.05) is 5.32 Å². The Balaban J connectivity index is 1.75. The molecule has 0 saturated carbocycles. The van der Waals surface area contributed by atoms with Gasteiger partial charge in [0.2, 0.25) is 0 Å². The van der Waals surface area contributed by atoms with E-state index in [2.05, 4.69) is 20.8 Å². The third kappa shape index (κ3) is 3.02. The van der Waals surface area contributed by atoms with E-state index in [-0.39, 0.29) is 6.54 Å². The summed E-state index contributed by atoms with van der Waals surface area (Å²) in [5, 5.41) is 14.0. The van der Waals surface area contributed by atoms with E-state index in [1.165, 1.54) is 23.1 Å². The first-order valence-electron chi connectivity index (χ1n) is 6.23. The third-order valence-electron chi connectivity index (χ3n) is 2.96. The molecular formula is C14H11F2N5. The smallest absolute Gasteiger partial charge is 0.143 e. The average Bonchev–Trinajstić information content (AvgIpc) is 3.01. The lowest BCUT2D eigenvalue weighted by atomic mass is 10.2. The minimum absolute atomic E-state index is 0.255. The summed E-state index contributed by atoms with van der Waals surface area (Å²) in [5.74, 6) is -1.16. The van der Waals surface area contributed by atoms with Crippen LogP contribution in [0.3, 0.4) is 0 Å². The molecule has 0 radical (unpaired) electrons. The van der Waals surface area contributed by atoms with Crippen LogP contribution in [0.25, 0.3) is 5.69 Å². The Kier molecular flexibility index (Phi) is 3.55. The zero-order valence-corrected chi connectivity index (χ0v) is 10.9. The normalized spacial score (nSPS) is 10.6. The number of anilines is 1. The molecule has 0 bridgehead atoms. The van der Waals surface area contributed by atoms with E-state index < -0.39 is 11.6 Å². The number of rotatable bonds is 4. The number of hydrogen-bond donors (Lipinski definition) is 1. The summed E-state index contributed by atoms with van der Waals surface area (Å²) in [7, 11) is 0. The first-order valence-corrected chi connectivity index (χ1v) is 6.23. The van der Waals surface area contributed by atoms with Gasteiger partial charge in [0.1, 0.15) is 18.0 Å². The van der Waals surface area contributed by atoms with Crippen LogP contribution < -0.4 is 5.32 Å². The average molecular weight is 287 g/mol.